The van der Waals surface area contributed by atoms with Gasteiger partial charge in [0.05, 0.1) is 6.54 Å². The summed E-state index contributed by atoms with van der Waals surface area (Å²) in [6.07, 6.45) is 0.673. The fraction of sp³-hybridized carbons (Fsp3) is 0.235. The molecule has 2 aromatic carbocycles. The highest BCUT2D eigenvalue weighted by Crippen LogP contribution is 2.19. The van der Waals surface area contributed by atoms with Crippen LogP contribution in [-0.4, -0.2) is 19.0 Å². The number of benzene rings is 2. The number of amides is 1. The predicted octanol–water partition coefficient (Wildman–Crippen LogP) is 3.56. The molecule has 1 amide bonds. The number of halogens is 2. The molecule has 2 N–H and O–H groups in total. The number of carbonyl (C=O) groups is 1. The van der Waals surface area contributed by atoms with Gasteiger partial charge in [-0.25, -0.2) is 4.39 Å². The maximum atomic E-state index is 12.8. The molecule has 0 aliphatic carbocycles. The molecule has 5 heteroatoms. The number of anilines is 1. The van der Waals surface area contributed by atoms with E-state index in [0.29, 0.717) is 18.0 Å². The first kappa shape index (κ1) is 16.3. The molecule has 0 aromatic heterocycles. The average Bonchev–Trinajstić information content (AvgIpc) is 2.48. The predicted molar refractivity (Wildman–Crippen MR) is 87.8 cm³/mol. The van der Waals surface area contributed by atoms with Crippen molar-refractivity contribution in [2.24, 2.45) is 0 Å². The topological polar surface area (TPSA) is 41.1 Å². The van der Waals surface area contributed by atoms with Crippen molar-refractivity contribution < 1.29 is 9.18 Å². The molecule has 116 valence electrons. The van der Waals surface area contributed by atoms with Crippen LogP contribution in [0.2, 0.25) is 5.02 Å². The maximum absolute atomic E-state index is 12.8. The Kier molecular flexibility index (Phi) is 5.78. The van der Waals surface area contributed by atoms with E-state index in [1.807, 2.05) is 19.1 Å². The van der Waals surface area contributed by atoms with Gasteiger partial charge in [-0.2, -0.15) is 0 Å². The molecule has 0 radical (unpaired) electrons. The Morgan fingerprint density at radius 1 is 1.18 bits per heavy atom. The molecular weight excluding hydrogens is 303 g/mol. The van der Waals surface area contributed by atoms with Gasteiger partial charge >= 0.3 is 0 Å². The van der Waals surface area contributed by atoms with Gasteiger partial charge in [0.25, 0.3) is 0 Å². The Labute approximate surface area is 134 Å². The third kappa shape index (κ3) is 5.04. The van der Waals surface area contributed by atoms with E-state index in [1.165, 1.54) is 12.1 Å². The minimum atomic E-state index is -0.254. The molecule has 0 unspecified atom stereocenters. The Morgan fingerprint density at radius 3 is 2.59 bits per heavy atom. The van der Waals surface area contributed by atoms with Crippen molar-refractivity contribution in [3.8, 4) is 0 Å². The van der Waals surface area contributed by atoms with Gasteiger partial charge < -0.3 is 10.6 Å². The first-order valence-corrected chi connectivity index (χ1v) is 7.43. The van der Waals surface area contributed by atoms with Crippen LogP contribution in [0.4, 0.5) is 10.1 Å². The number of hydrogen-bond acceptors (Lipinski definition) is 2. The summed E-state index contributed by atoms with van der Waals surface area (Å²) < 4.78 is 12.8. The van der Waals surface area contributed by atoms with Crippen molar-refractivity contribution in [2.75, 3.05) is 18.4 Å². The van der Waals surface area contributed by atoms with Crippen molar-refractivity contribution in [1.82, 2.24) is 5.32 Å². The number of aryl methyl sites for hydroxylation is 1. The second-order valence-corrected chi connectivity index (χ2v) is 5.48. The zero-order chi connectivity index (χ0) is 15.9. The van der Waals surface area contributed by atoms with Crippen LogP contribution in [0.25, 0.3) is 0 Å². The van der Waals surface area contributed by atoms with Gasteiger partial charge in [-0.1, -0.05) is 23.7 Å². The van der Waals surface area contributed by atoms with Gasteiger partial charge in [0.15, 0.2) is 0 Å². The monoisotopic (exact) mass is 320 g/mol. The quantitative estimate of drug-likeness (QED) is 0.854. The summed E-state index contributed by atoms with van der Waals surface area (Å²) in [7, 11) is 0. The molecule has 0 saturated carbocycles. The molecule has 0 spiro atoms. The fourth-order valence-electron chi connectivity index (χ4n) is 2.06. The summed E-state index contributed by atoms with van der Waals surface area (Å²) in [5, 5.41) is 6.57. The van der Waals surface area contributed by atoms with E-state index in [0.717, 1.165) is 16.8 Å². The molecule has 0 atom stereocenters. The standard InChI is InChI=1S/C17H18ClFN2O/c1-12-10-14(18)4-7-16(12)21-11-17(22)20-9-8-13-2-5-15(19)6-3-13/h2-7,10,21H,8-9,11H2,1H3,(H,20,22). The summed E-state index contributed by atoms with van der Waals surface area (Å²) >= 11 is 5.89. The van der Waals surface area contributed by atoms with Crippen molar-refractivity contribution in [1.29, 1.82) is 0 Å². The Hall–Kier alpha value is -2.07. The second kappa shape index (κ2) is 7.80. The molecule has 0 aliphatic rings. The van der Waals surface area contributed by atoms with Crippen molar-refractivity contribution in [3.05, 3.63) is 64.4 Å². The molecule has 3 nitrogen and oxygen atoms in total. The van der Waals surface area contributed by atoms with E-state index in [9.17, 15) is 9.18 Å². The van der Waals surface area contributed by atoms with E-state index in [4.69, 9.17) is 11.6 Å². The summed E-state index contributed by atoms with van der Waals surface area (Å²) in [5.74, 6) is -0.341. The van der Waals surface area contributed by atoms with Crippen molar-refractivity contribution >= 4 is 23.2 Å². The lowest BCUT2D eigenvalue weighted by atomic mass is 10.1. The zero-order valence-electron chi connectivity index (χ0n) is 12.3. The molecule has 0 heterocycles. The van der Waals surface area contributed by atoms with Gasteiger partial charge in [-0.05, 0) is 54.8 Å². The molecule has 0 bridgehead atoms. The van der Waals surface area contributed by atoms with Crippen molar-refractivity contribution in [3.63, 3.8) is 0 Å². The molecule has 0 fully saturated rings. The zero-order valence-corrected chi connectivity index (χ0v) is 13.1. The summed E-state index contributed by atoms with van der Waals surface area (Å²) in [6, 6.07) is 11.8. The van der Waals surface area contributed by atoms with Crippen LogP contribution in [0, 0.1) is 12.7 Å². The second-order valence-electron chi connectivity index (χ2n) is 5.04. The lowest BCUT2D eigenvalue weighted by Crippen LogP contribution is -2.31. The van der Waals surface area contributed by atoms with E-state index >= 15 is 0 Å². The smallest absolute Gasteiger partial charge is 0.239 e. The molecule has 0 aliphatic heterocycles. The highest BCUT2D eigenvalue weighted by molar-refractivity contribution is 6.30. The summed E-state index contributed by atoms with van der Waals surface area (Å²) in [5.41, 5.74) is 2.87. The number of hydrogen-bond donors (Lipinski definition) is 2. The Morgan fingerprint density at radius 2 is 1.91 bits per heavy atom. The SMILES string of the molecule is Cc1cc(Cl)ccc1NCC(=O)NCCc1ccc(F)cc1. The van der Waals surface area contributed by atoms with Gasteiger partial charge in [0.1, 0.15) is 5.82 Å². The van der Waals surface area contributed by atoms with Crippen LogP contribution in [0.1, 0.15) is 11.1 Å². The fourth-order valence-corrected chi connectivity index (χ4v) is 2.29. The minimum Gasteiger partial charge on any atom is -0.376 e. The van der Waals surface area contributed by atoms with Gasteiger partial charge in [0, 0.05) is 17.3 Å². The molecular formula is C17H18ClFN2O. The Bertz CT molecular complexity index is 644. The summed E-state index contributed by atoms with van der Waals surface area (Å²) in [6.45, 7) is 2.65. The van der Waals surface area contributed by atoms with Crippen LogP contribution < -0.4 is 10.6 Å². The number of rotatable bonds is 6. The van der Waals surface area contributed by atoms with E-state index < -0.39 is 0 Å². The highest BCUT2D eigenvalue weighted by Gasteiger charge is 2.03. The maximum Gasteiger partial charge on any atom is 0.239 e. The van der Waals surface area contributed by atoms with Crippen LogP contribution >= 0.6 is 11.6 Å². The first-order chi connectivity index (χ1) is 10.5. The minimum absolute atomic E-state index is 0.0866. The lowest BCUT2D eigenvalue weighted by Gasteiger charge is -2.10. The average molecular weight is 321 g/mol. The largest absolute Gasteiger partial charge is 0.376 e. The molecule has 0 saturated heterocycles. The number of nitrogens with one attached hydrogen (secondary N) is 2. The van der Waals surface area contributed by atoms with Crippen LogP contribution in [0.5, 0.6) is 0 Å². The van der Waals surface area contributed by atoms with E-state index in [-0.39, 0.29) is 18.3 Å². The van der Waals surface area contributed by atoms with E-state index in [1.54, 1.807) is 18.2 Å². The number of carbonyl (C=O) groups excluding carboxylic acids is 1. The first-order valence-electron chi connectivity index (χ1n) is 7.06. The van der Waals surface area contributed by atoms with Crippen molar-refractivity contribution in [2.45, 2.75) is 13.3 Å². The third-order valence-electron chi connectivity index (χ3n) is 3.28. The van der Waals surface area contributed by atoms with Gasteiger partial charge in [0.2, 0.25) is 5.91 Å². The molecule has 2 rings (SSSR count). The van der Waals surface area contributed by atoms with E-state index in [2.05, 4.69) is 10.6 Å². The Balaban J connectivity index is 1.72. The lowest BCUT2D eigenvalue weighted by molar-refractivity contribution is -0.119. The third-order valence-corrected chi connectivity index (χ3v) is 3.51. The van der Waals surface area contributed by atoms with Gasteiger partial charge in [-0.15, -0.1) is 0 Å². The normalized spacial score (nSPS) is 10.3. The molecule has 22 heavy (non-hydrogen) atoms. The van der Waals surface area contributed by atoms with Crippen LogP contribution in [-0.2, 0) is 11.2 Å². The van der Waals surface area contributed by atoms with Gasteiger partial charge in [-0.3, -0.25) is 4.79 Å². The van der Waals surface area contributed by atoms with Crippen LogP contribution in [0.3, 0.4) is 0 Å². The summed E-state index contributed by atoms with van der Waals surface area (Å²) in [4.78, 5) is 11.8. The molecule has 2 aromatic rings. The van der Waals surface area contributed by atoms with Crippen LogP contribution in [0.15, 0.2) is 42.5 Å². The highest BCUT2D eigenvalue weighted by atomic mass is 35.5.